The van der Waals surface area contributed by atoms with Gasteiger partial charge in [0, 0.05) is 19.3 Å². The third-order valence-corrected chi connectivity index (χ3v) is 12.7. The Kier molecular flexibility index (Phi) is 54.8. The number of unbranched alkanes of at least 4 members (excludes halogenated alkanes) is 30. The minimum atomic E-state index is -0.782. The predicted molar refractivity (Wildman–Crippen MR) is 298 cm³/mol. The van der Waals surface area contributed by atoms with Gasteiger partial charge in [0.25, 0.3) is 0 Å². The average Bonchev–Trinajstić information content (AvgIpc) is 3.35. The van der Waals surface area contributed by atoms with Gasteiger partial charge in [0.2, 0.25) is 0 Å². The van der Waals surface area contributed by atoms with E-state index in [9.17, 15) is 14.4 Å². The largest absolute Gasteiger partial charge is 0.462 e. The Hall–Kier alpha value is -3.15. The molecule has 0 aromatic rings. The minimum Gasteiger partial charge on any atom is -0.462 e. The Morgan fingerprint density at radius 3 is 0.942 bits per heavy atom. The van der Waals surface area contributed by atoms with Crippen LogP contribution < -0.4 is 0 Å². The highest BCUT2D eigenvalue weighted by molar-refractivity contribution is 5.71. The average molecular weight is 964 g/mol. The van der Waals surface area contributed by atoms with Gasteiger partial charge in [-0.1, -0.05) is 241 Å². The second-order valence-corrected chi connectivity index (χ2v) is 19.5. The molecule has 0 saturated carbocycles. The van der Waals surface area contributed by atoms with Crippen LogP contribution in [0.25, 0.3) is 0 Å². The SMILES string of the molecule is CC/C=C\C/C=C\C/C=C\C/C=C\CCCCCCCCCCCCCCC(=O)OCC(COC(=O)CCCCCCC/C=C\CCCC)OC(=O)CCCCCCC/C=C\CCCCCCCC. The Bertz CT molecular complexity index is 1290. The van der Waals surface area contributed by atoms with Gasteiger partial charge >= 0.3 is 17.9 Å². The van der Waals surface area contributed by atoms with E-state index in [0.29, 0.717) is 19.3 Å². The Morgan fingerprint density at radius 2 is 0.580 bits per heavy atom. The first kappa shape index (κ1) is 65.8. The molecule has 6 heteroatoms. The summed E-state index contributed by atoms with van der Waals surface area (Å²) >= 11 is 0. The van der Waals surface area contributed by atoms with Gasteiger partial charge < -0.3 is 14.2 Å². The fraction of sp³-hybridized carbons (Fsp3) is 0.762. The Balaban J connectivity index is 4.26. The molecule has 1 atom stereocenters. The van der Waals surface area contributed by atoms with E-state index in [1.807, 2.05) is 0 Å². The molecule has 0 saturated heterocycles. The van der Waals surface area contributed by atoms with Crippen LogP contribution in [0.15, 0.2) is 72.9 Å². The van der Waals surface area contributed by atoms with Crippen molar-refractivity contribution in [2.75, 3.05) is 13.2 Å². The molecule has 0 bridgehead atoms. The summed E-state index contributed by atoms with van der Waals surface area (Å²) in [5, 5.41) is 0. The van der Waals surface area contributed by atoms with E-state index in [1.54, 1.807) is 0 Å². The van der Waals surface area contributed by atoms with Gasteiger partial charge in [0.1, 0.15) is 13.2 Å². The number of esters is 3. The van der Waals surface area contributed by atoms with Crippen molar-refractivity contribution in [3.05, 3.63) is 72.9 Å². The van der Waals surface area contributed by atoms with Crippen molar-refractivity contribution in [1.82, 2.24) is 0 Å². The second-order valence-electron chi connectivity index (χ2n) is 19.5. The monoisotopic (exact) mass is 963 g/mol. The maximum absolute atomic E-state index is 12.8. The van der Waals surface area contributed by atoms with E-state index in [0.717, 1.165) is 103 Å². The zero-order valence-corrected chi connectivity index (χ0v) is 45.6. The maximum atomic E-state index is 12.8. The molecule has 0 heterocycles. The second kappa shape index (κ2) is 57.4. The van der Waals surface area contributed by atoms with Gasteiger partial charge in [-0.2, -0.15) is 0 Å². The van der Waals surface area contributed by atoms with Gasteiger partial charge in [0.05, 0.1) is 0 Å². The van der Waals surface area contributed by atoms with Crippen LogP contribution in [0.4, 0.5) is 0 Å². The van der Waals surface area contributed by atoms with Crippen molar-refractivity contribution in [3.63, 3.8) is 0 Å². The van der Waals surface area contributed by atoms with E-state index in [2.05, 4.69) is 93.7 Å². The van der Waals surface area contributed by atoms with Crippen LogP contribution in [0.1, 0.15) is 290 Å². The van der Waals surface area contributed by atoms with Crippen LogP contribution in [0.2, 0.25) is 0 Å². The molecule has 0 aromatic heterocycles. The molecule has 0 radical (unpaired) electrons. The third kappa shape index (κ3) is 55.6. The molecular weight excluding hydrogens is 853 g/mol. The highest BCUT2D eigenvalue weighted by atomic mass is 16.6. The summed E-state index contributed by atoms with van der Waals surface area (Å²) in [5.74, 6) is -0.893. The number of allylic oxidation sites excluding steroid dienone is 12. The highest BCUT2D eigenvalue weighted by Gasteiger charge is 2.19. The first-order valence-corrected chi connectivity index (χ1v) is 29.4. The van der Waals surface area contributed by atoms with Crippen molar-refractivity contribution in [1.29, 1.82) is 0 Å². The lowest BCUT2D eigenvalue weighted by atomic mass is 10.0. The lowest BCUT2D eigenvalue weighted by molar-refractivity contribution is -0.167. The van der Waals surface area contributed by atoms with E-state index in [4.69, 9.17) is 14.2 Å². The summed E-state index contributed by atoms with van der Waals surface area (Å²) in [5.41, 5.74) is 0. The first-order chi connectivity index (χ1) is 34.0. The van der Waals surface area contributed by atoms with E-state index < -0.39 is 6.10 Å². The molecule has 0 fully saturated rings. The number of ether oxygens (including phenoxy) is 3. The zero-order chi connectivity index (χ0) is 50.0. The zero-order valence-electron chi connectivity index (χ0n) is 45.6. The third-order valence-electron chi connectivity index (χ3n) is 12.7. The highest BCUT2D eigenvalue weighted by Crippen LogP contribution is 2.16. The summed E-state index contributed by atoms with van der Waals surface area (Å²) in [6.07, 6.45) is 73.3. The number of carbonyl (C=O) groups is 3. The van der Waals surface area contributed by atoms with Crippen LogP contribution in [-0.4, -0.2) is 37.2 Å². The van der Waals surface area contributed by atoms with Crippen LogP contribution in [-0.2, 0) is 28.6 Å². The van der Waals surface area contributed by atoms with Crippen LogP contribution in [0.5, 0.6) is 0 Å². The number of rotatable bonds is 53. The number of hydrogen-bond donors (Lipinski definition) is 0. The van der Waals surface area contributed by atoms with Gasteiger partial charge in [-0.15, -0.1) is 0 Å². The molecule has 0 aliphatic heterocycles. The van der Waals surface area contributed by atoms with Gasteiger partial charge in [-0.25, -0.2) is 0 Å². The molecule has 0 aromatic carbocycles. The topological polar surface area (TPSA) is 78.9 Å². The van der Waals surface area contributed by atoms with Crippen LogP contribution in [0.3, 0.4) is 0 Å². The summed E-state index contributed by atoms with van der Waals surface area (Å²) in [6, 6.07) is 0. The molecule has 0 spiro atoms. The van der Waals surface area contributed by atoms with Crippen molar-refractivity contribution >= 4 is 17.9 Å². The van der Waals surface area contributed by atoms with E-state index >= 15 is 0 Å². The standard InChI is InChI=1S/C63H110O6/c1-4-7-10-13-16-19-22-24-26-27-28-29-30-31-32-33-34-35-37-38-41-44-47-50-53-56-62(65)68-59-60(58-67-61(64)55-52-49-46-43-40-21-18-15-12-9-6-3)69-63(66)57-54-51-48-45-42-39-36-25-23-20-17-14-11-8-5-2/h7,10,15-16,18-19,24-26,28-29,36,60H,4-6,8-9,11-14,17,20-23,27,30-35,37-59H2,1-3H3/b10-7-,18-15-,19-16-,26-24-,29-28-,36-25-. The quantitative estimate of drug-likeness (QED) is 0.0262. The van der Waals surface area contributed by atoms with E-state index in [1.165, 1.54) is 148 Å². The fourth-order valence-corrected chi connectivity index (χ4v) is 8.23. The van der Waals surface area contributed by atoms with Crippen molar-refractivity contribution in [2.45, 2.75) is 297 Å². The predicted octanol–water partition coefficient (Wildman–Crippen LogP) is 19.8. The first-order valence-electron chi connectivity index (χ1n) is 29.4. The molecule has 0 aliphatic rings. The molecule has 0 rings (SSSR count). The molecule has 69 heavy (non-hydrogen) atoms. The van der Waals surface area contributed by atoms with Crippen LogP contribution >= 0.6 is 0 Å². The smallest absolute Gasteiger partial charge is 0.306 e. The molecular formula is C63H110O6. The minimum absolute atomic E-state index is 0.0809. The van der Waals surface area contributed by atoms with Crippen molar-refractivity contribution in [3.8, 4) is 0 Å². The Labute approximate surface area is 427 Å². The van der Waals surface area contributed by atoms with Crippen LogP contribution in [0, 0.1) is 0 Å². The molecule has 398 valence electrons. The lowest BCUT2D eigenvalue weighted by Gasteiger charge is -2.18. The van der Waals surface area contributed by atoms with Gasteiger partial charge in [-0.3, -0.25) is 14.4 Å². The molecule has 0 aliphatic carbocycles. The van der Waals surface area contributed by atoms with E-state index in [-0.39, 0.29) is 31.1 Å². The fourth-order valence-electron chi connectivity index (χ4n) is 8.23. The maximum Gasteiger partial charge on any atom is 0.306 e. The summed E-state index contributed by atoms with van der Waals surface area (Å²) in [4.78, 5) is 38.1. The van der Waals surface area contributed by atoms with Crippen molar-refractivity contribution in [2.24, 2.45) is 0 Å². The number of hydrogen-bond acceptors (Lipinski definition) is 6. The Morgan fingerprint density at radius 1 is 0.304 bits per heavy atom. The summed E-state index contributed by atoms with van der Waals surface area (Å²) in [7, 11) is 0. The normalized spacial score (nSPS) is 12.6. The summed E-state index contributed by atoms with van der Waals surface area (Å²) < 4.78 is 16.8. The number of carbonyl (C=O) groups excluding carboxylic acids is 3. The van der Waals surface area contributed by atoms with Crippen molar-refractivity contribution < 1.29 is 28.6 Å². The lowest BCUT2D eigenvalue weighted by Crippen LogP contribution is -2.30. The molecule has 6 nitrogen and oxygen atoms in total. The van der Waals surface area contributed by atoms with Gasteiger partial charge in [0.15, 0.2) is 6.10 Å². The van der Waals surface area contributed by atoms with Gasteiger partial charge in [-0.05, 0) is 103 Å². The molecule has 0 amide bonds. The molecule has 0 N–H and O–H groups in total. The molecule has 1 unspecified atom stereocenters. The summed E-state index contributed by atoms with van der Waals surface area (Å²) in [6.45, 7) is 6.49.